The zero-order valence-corrected chi connectivity index (χ0v) is 11.5. The van der Waals surface area contributed by atoms with Crippen LogP contribution in [0, 0.1) is 5.92 Å². The smallest absolute Gasteiger partial charge is 0.317 e. The highest BCUT2D eigenvalue weighted by Crippen LogP contribution is 2.09. The molecule has 1 heterocycles. The highest BCUT2D eigenvalue weighted by molar-refractivity contribution is 5.83. The molecule has 0 unspecified atom stereocenters. The van der Waals surface area contributed by atoms with E-state index in [2.05, 4.69) is 10.6 Å². The van der Waals surface area contributed by atoms with Crippen LogP contribution in [0.2, 0.25) is 0 Å². The number of nitrogens with one attached hydrogen (secondary N) is 2. The minimum Gasteiger partial charge on any atom is -0.354 e. The fourth-order valence-corrected chi connectivity index (χ4v) is 1.92. The third-order valence-electron chi connectivity index (χ3n) is 3.00. The number of carbonyl (C=O) groups excluding carboxylic acids is 2. The summed E-state index contributed by atoms with van der Waals surface area (Å²) in [5, 5.41) is 5.46. The van der Waals surface area contributed by atoms with Crippen LogP contribution in [-0.2, 0) is 4.79 Å². The van der Waals surface area contributed by atoms with E-state index in [9.17, 15) is 9.59 Å². The van der Waals surface area contributed by atoms with Crippen LogP contribution in [0.4, 0.5) is 4.79 Å². The van der Waals surface area contributed by atoms with Gasteiger partial charge in [-0.1, -0.05) is 26.7 Å². The van der Waals surface area contributed by atoms with Crippen LogP contribution in [0.1, 0.15) is 39.5 Å². The fraction of sp³-hybridized carbons (Fsp3) is 0.846. The minimum atomic E-state index is -0.119. The Bertz CT molecular complexity index is 271. The van der Waals surface area contributed by atoms with Crippen LogP contribution in [0.3, 0.4) is 0 Å². The van der Waals surface area contributed by atoms with Crippen molar-refractivity contribution >= 4 is 11.9 Å². The van der Waals surface area contributed by atoms with Gasteiger partial charge in [-0.25, -0.2) is 4.79 Å². The molecule has 3 amide bonds. The predicted molar refractivity (Wildman–Crippen MR) is 71.3 cm³/mol. The summed E-state index contributed by atoms with van der Waals surface area (Å²) in [6, 6.07) is -0.114. The maximum atomic E-state index is 11.8. The number of hydrogen-bond donors (Lipinski definition) is 2. The predicted octanol–water partition coefficient (Wildman–Crippen LogP) is 1.34. The van der Waals surface area contributed by atoms with Gasteiger partial charge in [-0.3, -0.25) is 4.79 Å². The van der Waals surface area contributed by atoms with E-state index in [1.807, 2.05) is 18.7 Å². The molecule has 104 valence electrons. The molecule has 0 spiro atoms. The molecule has 0 atom stereocenters. The molecule has 0 saturated carbocycles. The van der Waals surface area contributed by atoms with E-state index in [1.54, 1.807) is 0 Å². The van der Waals surface area contributed by atoms with Crippen molar-refractivity contribution in [1.82, 2.24) is 15.5 Å². The number of nitrogens with zero attached hydrogens (tertiary/aromatic N) is 1. The molecule has 2 N–H and O–H groups in total. The topological polar surface area (TPSA) is 61.4 Å². The molecule has 1 fully saturated rings. The largest absolute Gasteiger partial charge is 0.354 e. The van der Waals surface area contributed by atoms with Crippen LogP contribution < -0.4 is 10.6 Å². The Morgan fingerprint density at radius 3 is 2.22 bits per heavy atom. The Labute approximate surface area is 109 Å². The first-order valence-electron chi connectivity index (χ1n) is 6.89. The molecule has 0 aromatic heterocycles. The second-order valence-corrected chi connectivity index (χ2v) is 5.26. The average molecular weight is 255 g/mol. The van der Waals surface area contributed by atoms with Crippen LogP contribution in [-0.4, -0.2) is 43.0 Å². The SMILES string of the molecule is CC(C)CNC(=O)CNC(=O)N1CCCCCC1. The lowest BCUT2D eigenvalue weighted by molar-refractivity contribution is -0.120. The van der Waals surface area contributed by atoms with Crippen molar-refractivity contribution in [3.63, 3.8) is 0 Å². The first kappa shape index (κ1) is 14.8. The lowest BCUT2D eigenvalue weighted by atomic mass is 10.2. The van der Waals surface area contributed by atoms with Crippen molar-refractivity contribution < 1.29 is 9.59 Å². The molecule has 0 aromatic carbocycles. The van der Waals surface area contributed by atoms with Gasteiger partial charge in [0.05, 0.1) is 6.54 Å². The van der Waals surface area contributed by atoms with Crippen LogP contribution in [0.5, 0.6) is 0 Å². The number of amides is 3. The highest BCUT2D eigenvalue weighted by atomic mass is 16.2. The zero-order valence-electron chi connectivity index (χ0n) is 11.5. The molecule has 1 saturated heterocycles. The van der Waals surface area contributed by atoms with Crippen LogP contribution in [0.25, 0.3) is 0 Å². The summed E-state index contributed by atoms with van der Waals surface area (Å²) in [4.78, 5) is 25.1. The monoisotopic (exact) mass is 255 g/mol. The normalized spacial score (nSPS) is 16.3. The van der Waals surface area contributed by atoms with Gasteiger partial charge >= 0.3 is 6.03 Å². The Morgan fingerprint density at radius 1 is 1.06 bits per heavy atom. The average Bonchev–Trinajstić information content (AvgIpc) is 2.62. The highest BCUT2D eigenvalue weighted by Gasteiger charge is 2.15. The summed E-state index contributed by atoms with van der Waals surface area (Å²) < 4.78 is 0. The third-order valence-corrected chi connectivity index (χ3v) is 3.00. The van der Waals surface area contributed by atoms with Gasteiger partial charge in [-0.05, 0) is 18.8 Å². The maximum Gasteiger partial charge on any atom is 0.317 e. The van der Waals surface area contributed by atoms with Gasteiger partial charge in [0.1, 0.15) is 0 Å². The van der Waals surface area contributed by atoms with Crippen molar-refractivity contribution in [3.05, 3.63) is 0 Å². The van der Waals surface area contributed by atoms with Crippen LogP contribution >= 0.6 is 0 Å². The van der Waals surface area contributed by atoms with Gasteiger partial charge in [0.25, 0.3) is 0 Å². The zero-order chi connectivity index (χ0) is 13.4. The van der Waals surface area contributed by atoms with Crippen molar-refractivity contribution in [3.8, 4) is 0 Å². The lowest BCUT2D eigenvalue weighted by Crippen LogP contribution is -2.45. The second-order valence-electron chi connectivity index (χ2n) is 5.26. The third kappa shape index (κ3) is 5.89. The van der Waals surface area contributed by atoms with Gasteiger partial charge in [0.2, 0.25) is 5.91 Å². The Balaban J connectivity index is 2.20. The van der Waals surface area contributed by atoms with Crippen molar-refractivity contribution in [2.24, 2.45) is 5.92 Å². The first-order valence-corrected chi connectivity index (χ1v) is 6.89. The van der Waals surface area contributed by atoms with Crippen molar-refractivity contribution in [1.29, 1.82) is 0 Å². The van der Waals surface area contributed by atoms with Crippen molar-refractivity contribution in [2.45, 2.75) is 39.5 Å². The summed E-state index contributed by atoms with van der Waals surface area (Å²) in [6.07, 6.45) is 4.51. The van der Waals surface area contributed by atoms with E-state index in [1.165, 1.54) is 12.8 Å². The van der Waals surface area contributed by atoms with Gasteiger partial charge in [-0.15, -0.1) is 0 Å². The summed E-state index contributed by atoms with van der Waals surface area (Å²) in [5.41, 5.74) is 0. The standard InChI is InChI=1S/C13H25N3O2/c1-11(2)9-14-12(17)10-15-13(18)16-7-5-3-4-6-8-16/h11H,3-10H2,1-2H3,(H,14,17)(H,15,18). The fourth-order valence-electron chi connectivity index (χ4n) is 1.92. The molecule has 5 nitrogen and oxygen atoms in total. The molecule has 1 rings (SSSR count). The van der Waals surface area contributed by atoms with E-state index < -0.39 is 0 Å². The van der Waals surface area contributed by atoms with Gasteiger partial charge in [0.15, 0.2) is 0 Å². The number of hydrogen-bond acceptors (Lipinski definition) is 2. The number of rotatable bonds is 4. The number of carbonyl (C=O) groups is 2. The summed E-state index contributed by atoms with van der Waals surface area (Å²) in [6.45, 7) is 6.41. The summed E-state index contributed by atoms with van der Waals surface area (Å²) >= 11 is 0. The molecule has 1 aliphatic heterocycles. The van der Waals surface area contributed by atoms with E-state index in [-0.39, 0.29) is 18.5 Å². The number of urea groups is 1. The van der Waals surface area contributed by atoms with Gasteiger partial charge < -0.3 is 15.5 Å². The molecular formula is C13H25N3O2. The second kappa shape index (κ2) is 7.95. The molecule has 5 heteroatoms. The Kier molecular flexibility index (Phi) is 6.54. The van der Waals surface area contributed by atoms with E-state index in [4.69, 9.17) is 0 Å². The molecule has 0 bridgehead atoms. The van der Waals surface area contributed by atoms with Gasteiger partial charge in [0, 0.05) is 19.6 Å². The van der Waals surface area contributed by atoms with Crippen LogP contribution in [0.15, 0.2) is 0 Å². The molecule has 18 heavy (non-hydrogen) atoms. The van der Waals surface area contributed by atoms with Gasteiger partial charge in [-0.2, -0.15) is 0 Å². The molecule has 1 aliphatic rings. The van der Waals surface area contributed by atoms with Crippen molar-refractivity contribution in [2.75, 3.05) is 26.2 Å². The quantitative estimate of drug-likeness (QED) is 0.796. The van der Waals surface area contributed by atoms with E-state index in [0.717, 1.165) is 25.9 Å². The first-order chi connectivity index (χ1) is 8.59. The van der Waals surface area contributed by atoms with E-state index >= 15 is 0 Å². The minimum absolute atomic E-state index is 0.0715. The molecule has 0 radical (unpaired) electrons. The summed E-state index contributed by atoms with van der Waals surface area (Å²) in [7, 11) is 0. The summed E-state index contributed by atoms with van der Waals surface area (Å²) in [5.74, 6) is 0.308. The Morgan fingerprint density at radius 2 is 1.67 bits per heavy atom. The number of likely N-dealkylation sites (tertiary alicyclic amines) is 1. The van der Waals surface area contributed by atoms with E-state index in [0.29, 0.717) is 12.5 Å². The lowest BCUT2D eigenvalue weighted by Gasteiger charge is -2.20. The maximum absolute atomic E-state index is 11.8. The molecule has 0 aliphatic carbocycles. The molecular weight excluding hydrogens is 230 g/mol. The molecule has 0 aromatic rings. The Hall–Kier alpha value is -1.26.